The van der Waals surface area contributed by atoms with Crippen LogP contribution in [0.4, 0.5) is 0 Å². The van der Waals surface area contributed by atoms with Gasteiger partial charge in [0, 0.05) is 12.3 Å². The lowest BCUT2D eigenvalue weighted by Crippen LogP contribution is -2.59. The number of hydrogen-bond donors (Lipinski definition) is 3. The summed E-state index contributed by atoms with van der Waals surface area (Å²) in [5.41, 5.74) is -1.01. The second-order valence-electron chi connectivity index (χ2n) is 16.3. The Balaban J connectivity index is 1.35. The van der Waals surface area contributed by atoms with Crippen molar-refractivity contribution in [3.8, 4) is 0 Å². The van der Waals surface area contributed by atoms with Gasteiger partial charge >= 0.3 is 5.97 Å². The summed E-state index contributed by atoms with van der Waals surface area (Å²) in [6, 6.07) is 0. The number of carbonyl (C=O) groups is 1. The molecule has 4 unspecified atom stereocenters. The molecule has 5 saturated carbocycles. The van der Waals surface area contributed by atoms with Crippen LogP contribution < -0.4 is 0 Å². The average molecular weight is 533 g/mol. The van der Waals surface area contributed by atoms with Crippen LogP contribution in [0, 0.1) is 50.7 Å². The van der Waals surface area contributed by atoms with Crippen LogP contribution in [0.3, 0.4) is 0 Å². The topological polar surface area (TPSA) is 96.2 Å². The zero-order valence-corrected chi connectivity index (χ0v) is 24.9. The minimum absolute atomic E-state index is 0.0383. The molecular weight excluding hydrogens is 480 g/mol. The Hall–Kier alpha value is -0.690. The highest BCUT2D eigenvalue weighted by Crippen LogP contribution is 2.89. The van der Waals surface area contributed by atoms with E-state index >= 15 is 0 Å². The molecule has 6 nitrogen and oxygen atoms in total. The van der Waals surface area contributed by atoms with Gasteiger partial charge in [-0.1, -0.05) is 34.6 Å². The lowest BCUT2D eigenvalue weighted by Gasteiger charge is -2.63. The fourth-order valence-corrected chi connectivity index (χ4v) is 12.4. The second kappa shape index (κ2) is 7.98. The number of hydrogen-bond acceptors (Lipinski definition) is 6. The van der Waals surface area contributed by atoms with Crippen molar-refractivity contribution in [2.75, 3.05) is 0 Å². The second-order valence-corrected chi connectivity index (χ2v) is 16.3. The normalized spacial score (nSPS) is 55.4. The molecule has 3 N–H and O–H groups in total. The summed E-state index contributed by atoms with van der Waals surface area (Å²) in [5, 5.41) is 34.2. The fourth-order valence-electron chi connectivity index (χ4n) is 12.4. The number of rotatable bonds is 3. The van der Waals surface area contributed by atoms with Crippen LogP contribution in [-0.2, 0) is 14.3 Å². The summed E-state index contributed by atoms with van der Waals surface area (Å²) in [4.78, 5) is 11.9. The Kier molecular flexibility index (Phi) is 5.77. The molecule has 216 valence electrons. The maximum atomic E-state index is 12.3. The molecule has 0 aromatic heterocycles. The summed E-state index contributed by atoms with van der Waals surface area (Å²) in [5.74, 6) is 1.09. The highest BCUT2D eigenvalue weighted by Gasteiger charge is 2.84. The molecule has 2 spiro atoms. The molecule has 6 fully saturated rings. The molecule has 0 aromatic carbocycles. The molecule has 6 aliphatic rings. The first-order valence-electron chi connectivity index (χ1n) is 15.4. The Morgan fingerprint density at radius 3 is 2.26 bits per heavy atom. The quantitative estimate of drug-likeness (QED) is 0.449. The van der Waals surface area contributed by atoms with Gasteiger partial charge < -0.3 is 24.8 Å². The molecule has 0 aromatic rings. The van der Waals surface area contributed by atoms with Gasteiger partial charge in [-0.3, -0.25) is 4.79 Å². The maximum absolute atomic E-state index is 12.3. The van der Waals surface area contributed by atoms with E-state index in [2.05, 4.69) is 34.6 Å². The van der Waals surface area contributed by atoms with Gasteiger partial charge in [0.25, 0.3) is 0 Å². The fraction of sp³-hybridized carbons (Fsp3) is 0.969. The number of aliphatic hydroxyl groups is 3. The van der Waals surface area contributed by atoms with Crippen molar-refractivity contribution < 1.29 is 29.6 Å². The molecular formula is C32H52O6. The molecule has 1 aliphatic heterocycles. The van der Waals surface area contributed by atoms with Crippen LogP contribution in [-0.4, -0.2) is 57.4 Å². The smallest absolute Gasteiger partial charge is 0.303 e. The number of fused-ring (bicyclic) bond motifs is 4. The number of esters is 1. The first-order chi connectivity index (χ1) is 17.5. The largest absolute Gasteiger partial charge is 0.457 e. The summed E-state index contributed by atoms with van der Waals surface area (Å²) >= 11 is 0. The standard InChI is InChI=1S/C32H52O6/c1-17-15-19(26(28(5,6)36)37-18(2)33)38-24-23(17)29(7)13-14-32-16-31(32)12-11-22(34)27(3,4)20(31)9-10-21(32)30(29,8)25(24)35/h17,19-26,34-36H,9-16H2,1-8H3/t17-,19?,20+,21?,22+,23+,24?,25+,26+,29-,30-,31-,32?/m1/s1. The third-order valence-corrected chi connectivity index (χ3v) is 14.1. The highest BCUT2D eigenvalue weighted by atomic mass is 16.6. The van der Waals surface area contributed by atoms with Gasteiger partial charge in [-0.2, -0.15) is 0 Å². The molecule has 0 radical (unpaired) electrons. The van der Waals surface area contributed by atoms with Crippen molar-refractivity contribution in [3.05, 3.63) is 0 Å². The van der Waals surface area contributed by atoms with E-state index in [9.17, 15) is 20.1 Å². The lowest BCUT2D eigenvalue weighted by atomic mass is 9.41. The zero-order valence-electron chi connectivity index (χ0n) is 24.9. The number of aliphatic hydroxyl groups excluding tert-OH is 2. The SMILES string of the molecule is CC(=O)O[C@@H](C1C[C@@H](C)[C@H]2C(O1)[C@H](O)[C@@]1(C)C3CC[C@H]4C(C)(C)[C@@H](O)CC[C@@]45CC35CC[C@]21C)C(C)(C)O. The first-order valence-corrected chi connectivity index (χ1v) is 15.4. The predicted octanol–water partition coefficient (Wildman–Crippen LogP) is 4.86. The van der Waals surface area contributed by atoms with E-state index < -0.39 is 29.9 Å². The molecule has 13 atom stereocenters. The van der Waals surface area contributed by atoms with E-state index in [0.29, 0.717) is 23.7 Å². The van der Waals surface area contributed by atoms with E-state index in [-0.39, 0.29) is 45.7 Å². The zero-order chi connectivity index (χ0) is 27.8. The molecule has 0 amide bonds. The van der Waals surface area contributed by atoms with Crippen molar-refractivity contribution in [2.45, 2.75) is 143 Å². The van der Waals surface area contributed by atoms with E-state index in [1.165, 1.54) is 19.8 Å². The molecule has 6 heteroatoms. The minimum atomic E-state index is -1.24. The third-order valence-electron chi connectivity index (χ3n) is 14.1. The monoisotopic (exact) mass is 532 g/mol. The van der Waals surface area contributed by atoms with Crippen molar-refractivity contribution in [2.24, 2.45) is 50.7 Å². The van der Waals surface area contributed by atoms with Crippen molar-refractivity contribution in [1.82, 2.24) is 0 Å². The van der Waals surface area contributed by atoms with E-state index in [1.54, 1.807) is 13.8 Å². The summed E-state index contributed by atoms with van der Waals surface area (Å²) < 4.78 is 12.4. The Bertz CT molecular complexity index is 1000. The maximum Gasteiger partial charge on any atom is 0.303 e. The highest BCUT2D eigenvalue weighted by molar-refractivity contribution is 5.66. The summed E-state index contributed by atoms with van der Waals surface area (Å²) in [7, 11) is 0. The van der Waals surface area contributed by atoms with Crippen LogP contribution >= 0.6 is 0 Å². The van der Waals surface area contributed by atoms with Crippen LogP contribution in [0.1, 0.15) is 107 Å². The molecule has 6 rings (SSSR count). The molecule has 38 heavy (non-hydrogen) atoms. The number of ether oxygens (including phenoxy) is 2. The first kappa shape index (κ1) is 27.5. The van der Waals surface area contributed by atoms with Gasteiger partial charge in [0.2, 0.25) is 0 Å². The van der Waals surface area contributed by atoms with Crippen molar-refractivity contribution >= 4 is 5.97 Å². The lowest BCUT2D eigenvalue weighted by molar-refractivity contribution is -0.216. The van der Waals surface area contributed by atoms with Crippen LogP contribution in [0.25, 0.3) is 0 Å². The van der Waals surface area contributed by atoms with Gasteiger partial charge in [-0.15, -0.1) is 0 Å². The number of carbonyl (C=O) groups excluding carboxylic acids is 1. The van der Waals surface area contributed by atoms with E-state index in [0.717, 1.165) is 32.1 Å². The van der Waals surface area contributed by atoms with Gasteiger partial charge in [0.05, 0.1) is 30.0 Å². The molecule has 1 saturated heterocycles. The van der Waals surface area contributed by atoms with Gasteiger partial charge in [0.1, 0.15) is 0 Å². The van der Waals surface area contributed by atoms with Gasteiger partial charge in [-0.25, -0.2) is 0 Å². The molecule has 1 heterocycles. The summed E-state index contributed by atoms with van der Waals surface area (Å²) in [6.07, 6.45) is 6.19. The van der Waals surface area contributed by atoms with Gasteiger partial charge in [-0.05, 0) is 111 Å². The Labute approximate surface area is 229 Å². The van der Waals surface area contributed by atoms with Crippen LogP contribution in [0.5, 0.6) is 0 Å². The minimum Gasteiger partial charge on any atom is -0.457 e. The summed E-state index contributed by atoms with van der Waals surface area (Å²) in [6.45, 7) is 16.4. The third kappa shape index (κ3) is 3.13. The molecule has 0 bridgehead atoms. The van der Waals surface area contributed by atoms with Gasteiger partial charge in [0.15, 0.2) is 6.10 Å². The Morgan fingerprint density at radius 2 is 1.63 bits per heavy atom. The van der Waals surface area contributed by atoms with E-state index in [4.69, 9.17) is 9.47 Å². The predicted molar refractivity (Wildman–Crippen MR) is 144 cm³/mol. The Morgan fingerprint density at radius 1 is 1.00 bits per heavy atom. The van der Waals surface area contributed by atoms with Crippen molar-refractivity contribution in [3.63, 3.8) is 0 Å². The van der Waals surface area contributed by atoms with Crippen LogP contribution in [0.2, 0.25) is 0 Å². The average Bonchev–Trinajstić information content (AvgIpc) is 3.44. The van der Waals surface area contributed by atoms with Crippen molar-refractivity contribution in [1.29, 1.82) is 0 Å². The van der Waals surface area contributed by atoms with Crippen LogP contribution in [0.15, 0.2) is 0 Å². The van der Waals surface area contributed by atoms with E-state index in [1.807, 2.05) is 0 Å². The molecule has 5 aliphatic carbocycles.